The summed E-state index contributed by atoms with van der Waals surface area (Å²) in [5.74, 6) is 0.159. The Morgan fingerprint density at radius 3 is 2.45 bits per heavy atom. The van der Waals surface area contributed by atoms with Gasteiger partial charge < -0.3 is 19.9 Å². The van der Waals surface area contributed by atoms with E-state index >= 15 is 0 Å². The normalized spacial score (nSPS) is 19.8. The van der Waals surface area contributed by atoms with Crippen LogP contribution in [0.5, 0.6) is 0 Å². The van der Waals surface area contributed by atoms with Crippen LogP contribution < -0.4 is 10.2 Å². The fourth-order valence-electron chi connectivity index (χ4n) is 6.81. The van der Waals surface area contributed by atoms with E-state index in [1.165, 1.54) is 12.1 Å². The van der Waals surface area contributed by atoms with E-state index in [2.05, 4.69) is 49.4 Å². The first-order chi connectivity index (χ1) is 23.7. The first kappa shape index (κ1) is 32.4. The van der Waals surface area contributed by atoms with Crippen molar-refractivity contribution in [3.05, 3.63) is 90.5 Å². The molecular formula is C37H39FN8O3. The van der Waals surface area contributed by atoms with Crippen molar-refractivity contribution in [2.24, 2.45) is 0 Å². The molecule has 252 valence electrons. The van der Waals surface area contributed by atoms with E-state index in [0.29, 0.717) is 43.3 Å². The van der Waals surface area contributed by atoms with Gasteiger partial charge in [0.05, 0.1) is 17.8 Å². The summed E-state index contributed by atoms with van der Waals surface area (Å²) in [6.07, 6.45) is 4.10. The number of aromatic nitrogens is 4. The van der Waals surface area contributed by atoms with Crippen molar-refractivity contribution in [3.63, 3.8) is 0 Å². The Hall–Kier alpha value is -5.20. The van der Waals surface area contributed by atoms with Gasteiger partial charge in [-0.05, 0) is 92.6 Å². The maximum absolute atomic E-state index is 13.7. The van der Waals surface area contributed by atoms with Crippen LogP contribution in [0, 0.1) is 12.7 Å². The van der Waals surface area contributed by atoms with Crippen molar-refractivity contribution in [1.82, 2.24) is 30.0 Å². The molecule has 2 fully saturated rings. The number of nitrogens with zero attached hydrogens (tertiary/aromatic N) is 6. The highest BCUT2D eigenvalue weighted by atomic mass is 19.1. The number of aryl methyl sites for hydroxylation is 1. The molecular weight excluding hydrogens is 623 g/mol. The third-order valence-electron chi connectivity index (χ3n) is 9.63. The number of methoxy groups -OCH3 is 1. The van der Waals surface area contributed by atoms with Crippen LogP contribution in [0.2, 0.25) is 0 Å². The number of H-pyrrole nitrogens is 1. The van der Waals surface area contributed by atoms with Crippen LogP contribution in [0.4, 0.5) is 15.8 Å². The van der Waals surface area contributed by atoms with Gasteiger partial charge in [-0.25, -0.2) is 14.4 Å². The van der Waals surface area contributed by atoms with Crippen molar-refractivity contribution in [2.45, 2.75) is 31.9 Å². The van der Waals surface area contributed by atoms with Crippen molar-refractivity contribution >= 4 is 34.1 Å². The van der Waals surface area contributed by atoms with Gasteiger partial charge in [-0.15, -0.1) is 0 Å². The second-order valence-corrected chi connectivity index (χ2v) is 13.0. The van der Waals surface area contributed by atoms with E-state index in [1.807, 2.05) is 53.4 Å². The molecule has 0 unspecified atom stereocenters. The molecule has 2 aliphatic heterocycles. The molecule has 49 heavy (non-hydrogen) atoms. The number of halogens is 1. The highest BCUT2D eigenvalue weighted by molar-refractivity contribution is 6.01. The Balaban J connectivity index is 0.952. The Morgan fingerprint density at radius 1 is 1.00 bits per heavy atom. The van der Waals surface area contributed by atoms with Crippen molar-refractivity contribution in [1.29, 1.82) is 0 Å². The number of benzene rings is 3. The molecule has 2 aromatic heterocycles. The number of nitrogens with one attached hydrogen (secondary N) is 2. The number of carbonyl (C=O) groups is 2. The van der Waals surface area contributed by atoms with Crippen molar-refractivity contribution in [3.8, 4) is 22.6 Å². The minimum absolute atomic E-state index is 0.0251. The highest BCUT2D eigenvalue weighted by Crippen LogP contribution is 2.31. The van der Waals surface area contributed by atoms with Gasteiger partial charge in [0, 0.05) is 86.2 Å². The first-order valence-electron chi connectivity index (χ1n) is 16.5. The predicted molar refractivity (Wildman–Crippen MR) is 187 cm³/mol. The average Bonchev–Trinajstić information content (AvgIpc) is 3.74. The molecule has 0 bridgehead atoms. The lowest BCUT2D eigenvalue weighted by molar-refractivity contribution is -0.138. The summed E-state index contributed by atoms with van der Waals surface area (Å²) in [6, 6.07) is 19.9. The predicted octanol–water partition coefficient (Wildman–Crippen LogP) is 4.90. The zero-order chi connectivity index (χ0) is 34.1. The van der Waals surface area contributed by atoms with Gasteiger partial charge >= 0.3 is 0 Å². The Bertz CT molecular complexity index is 1970. The summed E-state index contributed by atoms with van der Waals surface area (Å²) >= 11 is 0. The minimum Gasteiger partial charge on any atom is -0.368 e. The van der Waals surface area contributed by atoms with Gasteiger partial charge in [-0.2, -0.15) is 5.10 Å². The smallest absolute Gasteiger partial charge is 0.258 e. The number of anilines is 2. The molecule has 0 saturated carbocycles. The quantitative estimate of drug-likeness (QED) is 0.241. The molecule has 4 heterocycles. The highest BCUT2D eigenvalue weighted by Gasteiger charge is 2.46. The maximum atomic E-state index is 13.7. The second-order valence-electron chi connectivity index (χ2n) is 13.0. The van der Waals surface area contributed by atoms with E-state index in [9.17, 15) is 14.0 Å². The lowest BCUT2D eigenvalue weighted by Crippen LogP contribution is -2.56. The number of carbonyl (C=O) groups excluding carboxylic acids is 2. The molecule has 3 aromatic carbocycles. The molecule has 2 atom stereocenters. The van der Waals surface area contributed by atoms with Crippen molar-refractivity contribution < 1.29 is 18.7 Å². The number of aromatic amines is 1. The average molecular weight is 663 g/mol. The topological polar surface area (TPSA) is 120 Å². The van der Waals surface area contributed by atoms with E-state index in [4.69, 9.17) is 4.74 Å². The fraction of sp³-hybridized carbons (Fsp3) is 0.324. The molecule has 5 aromatic rings. The standard InChI is InChI=1S/C37H39FN8O3/c1-24-19-39-35(40-20-24)27-6-11-30(12-7-27)45-16-17-46(25(2)21-45)33(47)22-44-15-14-37(23-44,49-3)36(48)41-29-10-13-32-31(18-29)34(43-42-32)26-4-8-28(38)9-5-26/h4-13,18-20,25H,14-17,21-23H2,1-3H3,(H,41,48)(H,42,43)/t25-,37+/m1/s1. The van der Waals surface area contributed by atoms with Crippen LogP contribution in [0.1, 0.15) is 18.9 Å². The summed E-state index contributed by atoms with van der Waals surface area (Å²) in [5, 5.41) is 11.2. The number of hydrogen-bond acceptors (Lipinski definition) is 8. The van der Waals surface area contributed by atoms with E-state index in [-0.39, 0.29) is 30.2 Å². The van der Waals surface area contributed by atoms with Crippen LogP contribution in [-0.4, -0.2) is 99.8 Å². The molecule has 2 N–H and O–H groups in total. The molecule has 0 spiro atoms. The zero-order valence-electron chi connectivity index (χ0n) is 27.8. The Kier molecular flexibility index (Phi) is 8.82. The van der Waals surface area contributed by atoms with Gasteiger partial charge in [0.25, 0.3) is 5.91 Å². The second kappa shape index (κ2) is 13.4. The molecule has 2 aliphatic rings. The van der Waals surface area contributed by atoms with Crippen LogP contribution in [0.15, 0.2) is 79.1 Å². The number of hydrogen-bond donors (Lipinski definition) is 2. The lowest BCUT2D eigenvalue weighted by Gasteiger charge is -2.41. The monoisotopic (exact) mass is 662 g/mol. The molecule has 0 radical (unpaired) electrons. The van der Waals surface area contributed by atoms with Crippen LogP contribution in [-0.2, 0) is 14.3 Å². The number of amides is 2. The fourth-order valence-corrected chi connectivity index (χ4v) is 6.81. The van der Waals surface area contributed by atoms with Gasteiger partial charge in [-0.1, -0.05) is 0 Å². The van der Waals surface area contributed by atoms with Gasteiger partial charge in [0.15, 0.2) is 11.4 Å². The molecule has 12 heteroatoms. The Morgan fingerprint density at radius 2 is 1.73 bits per heavy atom. The number of fused-ring (bicyclic) bond motifs is 1. The van der Waals surface area contributed by atoms with Crippen LogP contribution in [0.3, 0.4) is 0 Å². The molecule has 2 amide bonds. The first-order valence-corrected chi connectivity index (χ1v) is 16.5. The number of rotatable bonds is 8. The maximum Gasteiger partial charge on any atom is 0.258 e. The SMILES string of the molecule is CO[C@@]1(C(=O)Nc2ccc3[nH]nc(-c4ccc(F)cc4)c3c2)CCN(CC(=O)N2CCN(c3ccc(-c4ncc(C)cn4)cc3)C[C@H]2C)C1. The zero-order valence-corrected chi connectivity index (χ0v) is 27.8. The third kappa shape index (κ3) is 6.61. The van der Waals surface area contributed by atoms with Gasteiger partial charge in [-0.3, -0.25) is 19.6 Å². The van der Waals surface area contributed by atoms with Gasteiger partial charge in [0.2, 0.25) is 5.91 Å². The van der Waals surface area contributed by atoms with Crippen LogP contribution >= 0.6 is 0 Å². The summed E-state index contributed by atoms with van der Waals surface area (Å²) in [7, 11) is 1.54. The largest absolute Gasteiger partial charge is 0.368 e. The van der Waals surface area contributed by atoms with Gasteiger partial charge in [0.1, 0.15) is 5.82 Å². The van der Waals surface area contributed by atoms with E-state index in [1.54, 1.807) is 25.3 Å². The third-order valence-corrected chi connectivity index (χ3v) is 9.63. The molecule has 11 nitrogen and oxygen atoms in total. The number of piperazine rings is 1. The lowest BCUT2D eigenvalue weighted by atomic mass is 10.0. The van der Waals surface area contributed by atoms with E-state index < -0.39 is 5.60 Å². The summed E-state index contributed by atoms with van der Waals surface area (Å²) < 4.78 is 19.3. The van der Waals surface area contributed by atoms with Crippen LogP contribution in [0.25, 0.3) is 33.5 Å². The summed E-state index contributed by atoms with van der Waals surface area (Å²) in [5.41, 5.74) is 4.82. The molecule has 0 aliphatic carbocycles. The number of likely N-dealkylation sites (tertiary alicyclic amines) is 1. The minimum atomic E-state index is -1.09. The summed E-state index contributed by atoms with van der Waals surface area (Å²) in [4.78, 5) is 42.3. The van der Waals surface area contributed by atoms with Crippen molar-refractivity contribution in [2.75, 3.05) is 56.6 Å². The molecule has 7 rings (SSSR count). The molecule has 2 saturated heterocycles. The summed E-state index contributed by atoms with van der Waals surface area (Å²) in [6.45, 7) is 7.20. The Labute approximate surface area is 284 Å². The number of ether oxygens (including phenoxy) is 1. The van der Waals surface area contributed by atoms with E-state index in [0.717, 1.165) is 46.4 Å².